The van der Waals surface area contributed by atoms with Gasteiger partial charge in [-0.3, -0.25) is 14.7 Å². The minimum atomic E-state index is -0.233. The van der Waals surface area contributed by atoms with Gasteiger partial charge in [0.2, 0.25) is 0 Å². The highest BCUT2D eigenvalue weighted by Crippen LogP contribution is 2.32. The first-order valence-electron chi connectivity index (χ1n) is 9.25. The average Bonchev–Trinajstić information content (AvgIpc) is 3.37. The van der Waals surface area contributed by atoms with E-state index in [9.17, 15) is 4.79 Å². The number of benzene rings is 2. The Morgan fingerprint density at radius 2 is 1.93 bits per heavy atom. The van der Waals surface area contributed by atoms with Gasteiger partial charge < -0.3 is 4.42 Å². The van der Waals surface area contributed by atoms with Crippen LogP contribution in [0.4, 0.5) is 5.13 Å². The number of nitrogens with zero attached hydrogens (tertiary/aromatic N) is 3. The fraction of sp³-hybridized carbons (Fsp3) is 0.0870. The van der Waals surface area contributed by atoms with Crippen LogP contribution in [0, 0.1) is 6.92 Å². The number of aryl methyl sites for hydroxylation is 1. The molecule has 1 amide bonds. The monoisotopic (exact) mass is 399 g/mol. The van der Waals surface area contributed by atoms with Gasteiger partial charge in [-0.05, 0) is 42.8 Å². The minimum absolute atomic E-state index is 0.233. The summed E-state index contributed by atoms with van der Waals surface area (Å²) in [6.45, 7) is 2.34. The molecule has 0 radical (unpaired) electrons. The van der Waals surface area contributed by atoms with Crippen molar-refractivity contribution in [3.8, 4) is 0 Å². The Morgan fingerprint density at radius 1 is 1.07 bits per heavy atom. The van der Waals surface area contributed by atoms with Crippen LogP contribution in [0.3, 0.4) is 0 Å². The van der Waals surface area contributed by atoms with Crippen molar-refractivity contribution >= 4 is 43.6 Å². The molecule has 0 aliphatic heterocycles. The molecule has 0 saturated heterocycles. The van der Waals surface area contributed by atoms with Gasteiger partial charge in [0, 0.05) is 11.6 Å². The van der Waals surface area contributed by atoms with Crippen LogP contribution in [0.15, 0.2) is 77.3 Å². The molecule has 5 rings (SSSR count). The quantitative estimate of drug-likeness (QED) is 0.395. The second-order valence-electron chi connectivity index (χ2n) is 6.78. The third kappa shape index (κ3) is 3.28. The molecule has 0 spiro atoms. The van der Waals surface area contributed by atoms with Crippen LogP contribution in [-0.4, -0.2) is 15.9 Å². The molecule has 3 aromatic heterocycles. The van der Waals surface area contributed by atoms with E-state index < -0.39 is 0 Å². The van der Waals surface area contributed by atoms with Gasteiger partial charge in [-0.15, -0.1) is 0 Å². The van der Waals surface area contributed by atoms with Crippen molar-refractivity contribution in [2.75, 3.05) is 4.90 Å². The van der Waals surface area contributed by atoms with Gasteiger partial charge in [0.05, 0.1) is 22.5 Å². The zero-order chi connectivity index (χ0) is 19.8. The van der Waals surface area contributed by atoms with Crippen molar-refractivity contribution in [1.82, 2.24) is 9.97 Å². The minimum Gasteiger partial charge on any atom is -0.451 e. The predicted octanol–water partition coefficient (Wildman–Crippen LogP) is 5.59. The van der Waals surface area contributed by atoms with Crippen molar-refractivity contribution in [1.29, 1.82) is 0 Å². The second-order valence-corrected chi connectivity index (χ2v) is 7.79. The molecule has 0 saturated carbocycles. The molecule has 0 atom stereocenters. The zero-order valence-corrected chi connectivity index (χ0v) is 16.5. The number of amides is 1. The van der Waals surface area contributed by atoms with E-state index in [-0.39, 0.29) is 11.7 Å². The maximum Gasteiger partial charge on any atom is 0.296 e. The zero-order valence-electron chi connectivity index (χ0n) is 15.7. The number of pyridine rings is 1. The van der Waals surface area contributed by atoms with Gasteiger partial charge in [-0.2, -0.15) is 0 Å². The first-order chi connectivity index (χ1) is 14.2. The SMILES string of the molecule is Cc1cccc2sc(N(Cc3ccccn3)C(=O)c3cc4ccccc4o3)nc12. The van der Waals surface area contributed by atoms with Crippen molar-refractivity contribution in [3.63, 3.8) is 0 Å². The lowest BCUT2D eigenvalue weighted by atomic mass is 10.2. The maximum absolute atomic E-state index is 13.5. The number of fused-ring (bicyclic) bond motifs is 2. The summed E-state index contributed by atoms with van der Waals surface area (Å²) in [5.41, 5.74) is 3.47. The van der Waals surface area contributed by atoms with Crippen molar-refractivity contribution in [2.45, 2.75) is 13.5 Å². The van der Waals surface area contributed by atoms with E-state index in [4.69, 9.17) is 9.40 Å². The highest BCUT2D eigenvalue weighted by atomic mass is 32.1. The number of hydrogen-bond acceptors (Lipinski definition) is 5. The smallest absolute Gasteiger partial charge is 0.296 e. The number of anilines is 1. The van der Waals surface area contributed by atoms with Crippen LogP contribution in [0.1, 0.15) is 21.8 Å². The Balaban J connectivity index is 1.60. The molecule has 5 aromatic rings. The van der Waals surface area contributed by atoms with Gasteiger partial charge in [0.15, 0.2) is 10.9 Å². The summed E-state index contributed by atoms with van der Waals surface area (Å²) < 4.78 is 6.88. The van der Waals surface area contributed by atoms with Crippen LogP contribution in [0.5, 0.6) is 0 Å². The lowest BCUT2D eigenvalue weighted by Gasteiger charge is -2.18. The largest absolute Gasteiger partial charge is 0.451 e. The Hall–Kier alpha value is -3.51. The van der Waals surface area contributed by atoms with E-state index in [1.165, 1.54) is 11.3 Å². The summed E-state index contributed by atoms with van der Waals surface area (Å²) in [4.78, 5) is 24.2. The van der Waals surface area contributed by atoms with Crippen molar-refractivity contribution < 1.29 is 9.21 Å². The number of thiazole rings is 1. The molecule has 0 bridgehead atoms. The van der Waals surface area contributed by atoms with E-state index in [0.29, 0.717) is 17.3 Å². The number of carbonyl (C=O) groups excluding carboxylic acids is 1. The molecule has 3 heterocycles. The molecular formula is C23H17N3O2S. The van der Waals surface area contributed by atoms with Gasteiger partial charge in [-0.25, -0.2) is 4.98 Å². The van der Waals surface area contributed by atoms with E-state index in [0.717, 1.165) is 26.9 Å². The highest BCUT2D eigenvalue weighted by molar-refractivity contribution is 7.22. The molecule has 0 unspecified atom stereocenters. The number of para-hydroxylation sites is 2. The highest BCUT2D eigenvalue weighted by Gasteiger charge is 2.25. The molecule has 0 aliphatic carbocycles. The summed E-state index contributed by atoms with van der Waals surface area (Å²) in [5.74, 6) is 0.0571. The third-order valence-electron chi connectivity index (χ3n) is 4.77. The number of aromatic nitrogens is 2. The molecular weight excluding hydrogens is 382 g/mol. The molecule has 2 aromatic carbocycles. The number of carbonyl (C=O) groups is 1. The summed E-state index contributed by atoms with van der Waals surface area (Å²) >= 11 is 1.49. The molecule has 0 N–H and O–H groups in total. The van der Waals surface area contributed by atoms with E-state index in [2.05, 4.69) is 4.98 Å². The Kier molecular flexibility index (Phi) is 4.33. The average molecular weight is 399 g/mol. The maximum atomic E-state index is 13.5. The summed E-state index contributed by atoms with van der Waals surface area (Å²) in [6, 6.07) is 21.1. The summed E-state index contributed by atoms with van der Waals surface area (Å²) in [6.07, 6.45) is 1.72. The summed E-state index contributed by atoms with van der Waals surface area (Å²) in [5, 5.41) is 1.53. The van der Waals surface area contributed by atoms with Crippen LogP contribution < -0.4 is 4.90 Å². The van der Waals surface area contributed by atoms with Crippen molar-refractivity contribution in [3.05, 3.63) is 89.9 Å². The molecule has 29 heavy (non-hydrogen) atoms. The molecule has 5 nitrogen and oxygen atoms in total. The third-order valence-corrected chi connectivity index (χ3v) is 5.81. The van der Waals surface area contributed by atoms with E-state index >= 15 is 0 Å². The first-order valence-corrected chi connectivity index (χ1v) is 10.1. The summed E-state index contributed by atoms with van der Waals surface area (Å²) in [7, 11) is 0. The van der Waals surface area contributed by atoms with Crippen LogP contribution in [-0.2, 0) is 6.54 Å². The lowest BCUT2D eigenvalue weighted by molar-refractivity contribution is 0.0960. The number of furan rings is 1. The van der Waals surface area contributed by atoms with Gasteiger partial charge in [-0.1, -0.05) is 47.7 Å². The molecule has 142 valence electrons. The van der Waals surface area contributed by atoms with Crippen LogP contribution in [0.25, 0.3) is 21.2 Å². The fourth-order valence-electron chi connectivity index (χ4n) is 3.29. The lowest BCUT2D eigenvalue weighted by Crippen LogP contribution is -2.30. The Morgan fingerprint density at radius 3 is 2.72 bits per heavy atom. The topological polar surface area (TPSA) is 59.2 Å². The van der Waals surface area contributed by atoms with Gasteiger partial charge in [0.1, 0.15) is 5.58 Å². The standard InChI is InChI=1S/C23H17N3O2S/c1-15-7-6-11-20-21(15)25-23(29-20)26(14-17-9-4-5-12-24-17)22(27)19-13-16-8-2-3-10-18(16)28-19/h2-13H,14H2,1H3. The Bertz CT molecular complexity index is 1290. The van der Waals surface area contributed by atoms with E-state index in [1.807, 2.05) is 67.6 Å². The van der Waals surface area contributed by atoms with Gasteiger partial charge in [0.25, 0.3) is 5.91 Å². The number of rotatable bonds is 4. The second kappa shape index (κ2) is 7.14. The molecule has 0 fully saturated rings. The fourth-order valence-corrected chi connectivity index (χ4v) is 4.33. The number of hydrogen-bond donors (Lipinski definition) is 0. The van der Waals surface area contributed by atoms with Crippen LogP contribution >= 0.6 is 11.3 Å². The Labute approximate surface area is 171 Å². The normalized spacial score (nSPS) is 11.2. The predicted molar refractivity (Wildman–Crippen MR) is 115 cm³/mol. The first kappa shape index (κ1) is 17.6. The molecule has 6 heteroatoms. The molecule has 0 aliphatic rings. The van der Waals surface area contributed by atoms with E-state index in [1.54, 1.807) is 17.2 Å². The van der Waals surface area contributed by atoms with Gasteiger partial charge >= 0.3 is 0 Å². The van der Waals surface area contributed by atoms with Crippen molar-refractivity contribution in [2.24, 2.45) is 0 Å². The van der Waals surface area contributed by atoms with Crippen LogP contribution in [0.2, 0.25) is 0 Å².